The van der Waals surface area contributed by atoms with Gasteiger partial charge in [-0.15, -0.1) is 0 Å². The molecule has 1 saturated heterocycles. The number of piperazine rings is 1. The second-order valence-electron chi connectivity index (χ2n) is 6.23. The molecule has 2 amide bonds. The Kier molecular flexibility index (Phi) is 5.33. The molecule has 5 heteroatoms. The summed E-state index contributed by atoms with van der Waals surface area (Å²) in [4.78, 5) is 26.9. The Labute approximate surface area is 147 Å². The van der Waals surface area contributed by atoms with E-state index in [0.717, 1.165) is 11.1 Å². The highest BCUT2D eigenvalue weighted by atomic mass is 16.4. The van der Waals surface area contributed by atoms with Crippen molar-refractivity contribution in [2.75, 3.05) is 26.2 Å². The van der Waals surface area contributed by atoms with Gasteiger partial charge < -0.3 is 14.9 Å². The molecule has 1 aliphatic heterocycles. The van der Waals surface area contributed by atoms with Crippen LogP contribution in [-0.2, 0) is 4.79 Å². The molecule has 0 unspecified atom stereocenters. The zero-order chi connectivity index (χ0) is 17.6. The van der Waals surface area contributed by atoms with E-state index in [1.807, 2.05) is 60.7 Å². The summed E-state index contributed by atoms with van der Waals surface area (Å²) in [5.41, 5.74) is 2.23. The molecule has 1 heterocycles. The van der Waals surface area contributed by atoms with E-state index in [1.165, 1.54) is 4.90 Å². The van der Waals surface area contributed by atoms with Crippen molar-refractivity contribution in [3.05, 3.63) is 71.8 Å². The molecule has 3 rings (SSSR count). The second-order valence-corrected chi connectivity index (χ2v) is 6.23. The van der Waals surface area contributed by atoms with Gasteiger partial charge in [0.2, 0.25) is 5.91 Å². The summed E-state index contributed by atoms with van der Waals surface area (Å²) in [5.74, 6) is 0.0788. The minimum absolute atomic E-state index is 0.00685. The standard InChI is InChI=1S/C20H22N2O3/c23-19(21-11-13-22(14-12-21)20(24)25)15-18(16-7-3-1-4-8-16)17-9-5-2-6-10-17/h1-10,18H,11-15H2,(H,24,25). The third kappa shape index (κ3) is 4.18. The van der Waals surface area contributed by atoms with Crippen LogP contribution in [0.1, 0.15) is 23.5 Å². The van der Waals surface area contributed by atoms with Crippen molar-refractivity contribution in [3.63, 3.8) is 0 Å². The summed E-state index contributed by atoms with van der Waals surface area (Å²) < 4.78 is 0. The lowest BCUT2D eigenvalue weighted by atomic mass is 9.88. The van der Waals surface area contributed by atoms with Crippen LogP contribution in [-0.4, -0.2) is 53.1 Å². The van der Waals surface area contributed by atoms with Crippen molar-refractivity contribution in [3.8, 4) is 0 Å². The zero-order valence-electron chi connectivity index (χ0n) is 14.0. The fraction of sp³-hybridized carbons (Fsp3) is 0.300. The predicted octanol–water partition coefficient (Wildman–Crippen LogP) is 3.03. The number of hydrogen-bond acceptors (Lipinski definition) is 2. The van der Waals surface area contributed by atoms with Gasteiger partial charge in [0.1, 0.15) is 0 Å². The van der Waals surface area contributed by atoms with E-state index in [9.17, 15) is 9.59 Å². The lowest BCUT2D eigenvalue weighted by molar-refractivity contribution is -0.133. The number of carbonyl (C=O) groups excluding carboxylic acids is 1. The van der Waals surface area contributed by atoms with Crippen molar-refractivity contribution in [2.45, 2.75) is 12.3 Å². The molecule has 130 valence electrons. The topological polar surface area (TPSA) is 60.9 Å². The number of benzene rings is 2. The lowest BCUT2D eigenvalue weighted by Crippen LogP contribution is -2.50. The van der Waals surface area contributed by atoms with Gasteiger partial charge in [-0.3, -0.25) is 4.79 Å². The highest BCUT2D eigenvalue weighted by molar-refractivity contribution is 5.78. The van der Waals surface area contributed by atoms with Gasteiger partial charge in [0.15, 0.2) is 0 Å². The van der Waals surface area contributed by atoms with E-state index in [0.29, 0.717) is 32.6 Å². The average molecular weight is 338 g/mol. The zero-order valence-corrected chi connectivity index (χ0v) is 14.0. The molecule has 2 aromatic carbocycles. The lowest BCUT2D eigenvalue weighted by Gasteiger charge is -2.34. The maximum absolute atomic E-state index is 12.8. The van der Waals surface area contributed by atoms with Crippen LogP contribution in [0.4, 0.5) is 4.79 Å². The van der Waals surface area contributed by atoms with E-state index in [2.05, 4.69) is 0 Å². The Balaban J connectivity index is 1.73. The normalized spacial score (nSPS) is 14.6. The van der Waals surface area contributed by atoms with Gasteiger partial charge in [-0.05, 0) is 11.1 Å². The summed E-state index contributed by atoms with van der Waals surface area (Å²) in [6.45, 7) is 1.67. The van der Waals surface area contributed by atoms with Crippen molar-refractivity contribution < 1.29 is 14.7 Å². The number of carboxylic acid groups (broad SMARTS) is 1. The van der Waals surface area contributed by atoms with Crippen molar-refractivity contribution in [1.29, 1.82) is 0 Å². The Morgan fingerprint density at radius 3 is 1.68 bits per heavy atom. The molecule has 25 heavy (non-hydrogen) atoms. The summed E-state index contributed by atoms with van der Waals surface area (Å²) in [7, 11) is 0. The van der Waals surface area contributed by atoms with E-state index in [1.54, 1.807) is 4.90 Å². The Morgan fingerprint density at radius 1 is 0.800 bits per heavy atom. The molecule has 0 spiro atoms. The molecule has 2 aromatic rings. The number of nitrogens with zero attached hydrogens (tertiary/aromatic N) is 2. The molecule has 1 aliphatic rings. The Bertz CT molecular complexity index is 671. The minimum Gasteiger partial charge on any atom is -0.465 e. The molecule has 1 fully saturated rings. The van der Waals surface area contributed by atoms with Crippen LogP contribution < -0.4 is 0 Å². The summed E-state index contributed by atoms with van der Waals surface area (Å²) in [6, 6.07) is 20.1. The fourth-order valence-corrected chi connectivity index (χ4v) is 3.25. The molecule has 5 nitrogen and oxygen atoms in total. The molecule has 0 aliphatic carbocycles. The minimum atomic E-state index is -0.918. The Hall–Kier alpha value is -2.82. The van der Waals surface area contributed by atoms with Crippen LogP contribution >= 0.6 is 0 Å². The predicted molar refractivity (Wildman–Crippen MR) is 95.5 cm³/mol. The van der Waals surface area contributed by atoms with Crippen LogP contribution in [0.5, 0.6) is 0 Å². The molecular formula is C20H22N2O3. The maximum Gasteiger partial charge on any atom is 0.407 e. The number of hydrogen-bond donors (Lipinski definition) is 1. The van der Waals surface area contributed by atoms with Crippen molar-refractivity contribution in [1.82, 2.24) is 9.80 Å². The van der Waals surface area contributed by atoms with Crippen LogP contribution in [0.25, 0.3) is 0 Å². The molecule has 1 N–H and O–H groups in total. The Morgan fingerprint density at radius 2 is 1.24 bits per heavy atom. The first-order chi connectivity index (χ1) is 12.1. The van der Waals surface area contributed by atoms with Gasteiger partial charge >= 0.3 is 6.09 Å². The van der Waals surface area contributed by atoms with E-state index >= 15 is 0 Å². The first-order valence-electron chi connectivity index (χ1n) is 8.50. The maximum atomic E-state index is 12.8. The van der Waals surface area contributed by atoms with Gasteiger partial charge in [-0.25, -0.2) is 4.79 Å². The highest BCUT2D eigenvalue weighted by Gasteiger charge is 2.26. The molecule has 0 saturated carbocycles. The van der Waals surface area contributed by atoms with Crippen LogP contribution in [0, 0.1) is 0 Å². The molecule has 0 aromatic heterocycles. The smallest absolute Gasteiger partial charge is 0.407 e. The molecule has 0 atom stereocenters. The van der Waals surface area contributed by atoms with Gasteiger partial charge in [0.25, 0.3) is 0 Å². The third-order valence-corrected chi connectivity index (χ3v) is 4.69. The second kappa shape index (κ2) is 7.83. The monoisotopic (exact) mass is 338 g/mol. The van der Waals surface area contributed by atoms with E-state index < -0.39 is 6.09 Å². The average Bonchev–Trinajstić information content (AvgIpc) is 2.67. The first-order valence-corrected chi connectivity index (χ1v) is 8.50. The van der Waals surface area contributed by atoms with Gasteiger partial charge in [0.05, 0.1) is 0 Å². The SMILES string of the molecule is O=C(O)N1CCN(C(=O)CC(c2ccccc2)c2ccccc2)CC1. The van der Waals surface area contributed by atoms with E-state index in [4.69, 9.17) is 5.11 Å². The van der Waals surface area contributed by atoms with Crippen molar-refractivity contribution in [2.24, 2.45) is 0 Å². The van der Waals surface area contributed by atoms with Crippen LogP contribution in [0.15, 0.2) is 60.7 Å². The fourth-order valence-electron chi connectivity index (χ4n) is 3.25. The quantitative estimate of drug-likeness (QED) is 0.932. The van der Waals surface area contributed by atoms with Gasteiger partial charge in [-0.2, -0.15) is 0 Å². The van der Waals surface area contributed by atoms with Gasteiger partial charge in [-0.1, -0.05) is 60.7 Å². The summed E-state index contributed by atoms with van der Waals surface area (Å²) >= 11 is 0. The number of rotatable bonds is 4. The summed E-state index contributed by atoms with van der Waals surface area (Å²) in [5, 5.41) is 9.03. The molecule has 0 bridgehead atoms. The summed E-state index contributed by atoms with van der Waals surface area (Å²) in [6.07, 6.45) is -0.528. The largest absolute Gasteiger partial charge is 0.465 e. The van der Waals surface area contributed by atoms with Crippen LogP contribution in [0.3, 0.4) is 0 Å². The first kappa shape index (κ1) is 17.0. The molecule has 0 radical (unpaired) electrons. The van der Waals surface area contributed by atoms with Gasteiger partial charge in [0, 0.05) is 38.5 Å². The van der Waals surface area contributed by atoms with Crippen LogP contribution in [0.2, 0.25) is 0 Å². The number of amides is 2. The molecular weight excluding hydrogens is 316 g/mol. The highest BCUT2D eigenvalue weighted by Crippen LogP contribution is 2.28. The number of carbonyl (C=O) groups is 2. The van der Waals surface area contributed by atoms with Crippen molar-refractivity contribution >= 4 is 12.0 Å². The van der Waals surface area contributed by atoms with E-state index in [-0.39, 0.29) is 11.8 Å². The third-order valence-electron chi connectivity index (χ3n) is 4.69.